The second-order valence-electron chi connectivity index (χ2n) is 7.57. The first-order chi connectivity index (χ1) is 13.4. The summed E-state index contributed by atoms with van der Waals surface area (Å²) in [5.74, 6) is 0. The molecule has 27 heavy (non-hydrogen) atoms. The monoisotopic (exact) mass is 352 g/mol. The van der Waals surface area contributed by atoms with Gasteiger partial charge >= 0.3 is 0 Å². The molecule has 2 heteroatoms. The zero-order chi connectivity index (χ0) is 18.1. The second kappa shape index (κ2) is 7.13. The van der Waals surface area contributed by atoms with Crippen molar-refractivity contribution in [3.05, 3.63) is 90.3 Å². The molecule has 4 aromatic rings. The van der Waals surface area contributed by atoms with Gasteiger partial charge in [0.25, 0.3) is 0 Å². The Labute approximate surface area is 160 Å². The molecule has 0 N–H and O–H groups in total. The van der Waals surface area contributed by atoms with Crippen LogP contribution in [0.2, 0.25) is 0 Å². The fraction of sp³-hybridized carbons (Fsp3) is 0.240. The minimum atomic E-state index is 0.463. The molecule has 0 saturated carbocycles. The van der Waals surface area contributed by atoms with E-state index in [-0.39, 0.29) is 0 Å². The number of rotatable bonds is 3. The average molecular weight is 352 g/mol. The number of aromatic nitrogens is 1. The van der Waals surface area contributed by atoms with Gasteiger partial charge in [-0.3, -0.25) is 9.88 Å². The molecular formula is C25H24N2. The zero-order valence-corrected chi connectivity index (χ0v) is 15.5. The molecule has 0 spiro atoms. The van der Waals surface area contributed by atoms with E-state index in [9.17, 15) is 0 Å². The highest BCUT2D eigenvalue weighted by atomic mass is 15.2. The predicted octanol–water partition coefficient (Wildman–Crippen LogP) is 6.12. The molecule has 1 fully saturated rings. The van der Waals surface area contributed by atoms with Crippen molar-refractivity contribution in [3.8, 4) is 0 Å². The van der Waals surface area contributed by atoms with Gasteiger partial charge in [0, 0.05) is 25.0 Å². The Hall–Kier alpha value is -2.71. The van der Waals surface area contributed by atoms with E-state index in [4.69, 9.17) is 0 Å². The van der Waals surface area contributed by atoms with Gasteiger partial charge in [0.05, 0.1) is 0 Å². The van der Waals surface area contributed by atoms with E-state index in [1.807, 2.05) is 12.4 Å². The van der Waals surface area contributed by atoms with Crippen LogP contribution in [0, 0.1) is 0 Å². The summed E-state index contributed by atoms with van der Waals surface area (Å²) in [5, 5.41) is 5.43. The molecule has 2 nitrogen and oxygen atoms in total. The summed E-state index contributed by atoms with van der Waals surface area (Å²) >= 11 is 0. The minimum absolute atomic E-state index is 0.463. The number of fused-ring (bicyclic) bond motifs is 2. The van der Waals surface area contributed by atoms with Gasteiger partial charge in [-0.15, -0.1) is 0 Å². The molecule has 1 aliphatic heterocycles. The van der Waals surface area contributed by atoms with Gasteiger partial charge in [-0.2, -0.15) is 0 Å². The Morgan fingerprint density at radius 2 is 1.59 bits per heavy atom. The van der Waals surface area contributed by atoms with Crippen LogP contribution in [0.25, 0.3) is 21.5 Å². The Kier molecular flexibility index (Phi) is 4.35. The lowest BCUT2D eigenvalue weighted by Gasteiger charge is -2.36. The number of hydrogen-bond acceptors (Lipinski definition) is 2. The van der Waals surface area contributed by atoms with Gasteiger partial charge in [0.2, 0.25) is 0 Å². The van der Waals surface area contributed by atoms with Gasteiger partial charge < -0.3 is 0 Å². The normalized spacial score (nSPS) is 18.1. The summed E-state index contributed by atoms with van der Waals surface area (Å²) < 4.78 is 0. The highest BCUT2D eigenvalue weighted by Gasteiger charge is 2.25. The van der Waals surface area contributed by atoms with Crippen LogP contribution < -0.4 is 0 Å². The van der Waals surface area contributed by atoms with Crippen molar-refractivity contribution in [1.29, 1.82) is 0 Å². The molecule has 0 aliphatic carbocycles. The van der Waals surface area contributed by atoms with E-state index in [2.05, 4.69) is 76.6 Å². The van der Waals surface area contributed by atoms with Crippen molar-refractivity contribution in [2.75, 3.05) is 6.54 Å². The maximum absolute atomic E-state index is 4.37. The van der Waals surface area contributed by atoms with Crippen molar-refractivity contribution in [2.24, 2.45) is 0 Å². The van der Waals surface area contributed by atoms with Gasteiger partial charge in [-0.05, 0) is 64.2 Å². The van der Waals surface area contributed by atoms with E-state index in [0.29, 0.717) is 6.04 Å². The lowest BCUT2D eigenvalue weighted by atomic mass is 9.93. The number of hydrogen-bond donors (Lipinski definition) is 0. The molecule has 1 aliphatic rings. The van der Waals surface area contributed by atoms with Gasteiger partial charge in [-0.1, -0.05) is 61.0 Å². The maximum atomic E-state index is 4.37. The molecule has 0 bridgehead atoms. The predicted molar refractivity (Wildman–Crippen MR) is 113 cm³/mol. The van der Waals surface area contributed by atoms with Crippen LogP contribution in [0.3, 0.4) is 0 Å². The topological polar surface area (TPSA) is 16.1 Å². The quantitative estimate of drug-likeness (QED) is 0.413. The van der Waals surface area contributed by atoms with E-state index >= 15 is 0 Å². The molecule has 134 valence electrons. The molecule has 0 amide bonds. The van der Waals surface area contributed by atoms with Crippen LogP contribution in [-0.2, 0) is 6.54 Å². The largest absolute Gasteiger partial charge is 0.292 e. The molecule has 3 aromatic carbocycles. The molecule has 1 aromatic heterocycles. The third-order valence-electron chi connectivity index (χ3n) is 5.93. The lowest BCUT2D eigenvalue weighted by molar-refractivity contribution is 0.141. The number of likely N-dealkylation sites (tertiary alicyclic amines) is 1. The highest BCUT2D eigenvalue weighted by molar-refractivity contribution is 6.02. The SMILES string of the molecule is c1cncc([C@@H]2CCCCN2Cc2c3ccccc3cc3ccccc23)c1. The Balaban J connectivity index is 1.62. The number of benzene rings is 3. The van der Waals surface area contributed by atoms with Gasteiger partial charge in [0.1, 0.15) is 0 Å². The molecule has 1 atom stereocenters. The molecule has 2 heterocycles. The summed E-state index contributed by atoms with van der Waals surface area (Å²) in [7, 11) is 0. The minimum Gasteiger partial charge on any atom is -0.292 e. The fourth-order valence-electron chi connectivity index (χ4n) is 4.61. The number of nitrogens with zero attached hydrogens (tertiary/aromatic N) is 2. The lowest BCUT2D eigenvalue weighted by Crippen LogP contribution is -2.33. The third kappa shape index (κ3) is 3.11. The van der Waals surface area contributed by atoms with Crippen LogP contribution in [0.4, 0.5) is 0 Å². The summed E-state index contributed by atoms with van der Waals surface area (Å²) in [5.41, 5.74) is 2.81. The Bertz CT molecular complexity index is 1020. The zero-order valence-electron chi connectivity index (χ0n) is 15.5. The van der Waals surface area contributed by atoms with E-state index < -0.39 is 0 Å². The number of piperidine rings is 1. The van der Waals surface area contributed by atoms with Gasteiger partial charge in [0.15, 0.2) is 0 Å². The average Bonchev–Trinajstić information content (AvgIpc) is 2.74. The first-order valence-corrected chi connectivity index (χ1v) is 9.93. The summed E-state index contributed by atoms with van der Waals surface area (Å²) in [4.78, 5) is 7.04. The summed E-state index contributed by atoms with van der Waals surface area (Å²) in [6.07, 6.45) is 7.71. The smallest absolute Gasteiger partial charge is 0.0366 e. The Morgan fingerprint density at radius 1 is 0.852 bits per heavy atom. The van der Waals surface area contributed by atoms with Crippen LogP contribution in [0.1, 0.15) is 36.4 Å². The fourth-order valence-corrected chi connectivity index (χ4v) is 4.61. The van der Waals surface area contributed by atoms with Crippen molar-refractivity contribution in [3.63, 3.8) is 0 Å². The third-order valence-corrected chi connectivity index (χ3v) is 5.93. The molecule has 0 radical (unpaired) electrons. The first-order valence-electron chi connectivity index (χ1n) is 9.93. The maximum Gasteiger partial charge on any atom is 0.0366 e. The van der Waals surface area contributed by atoms with Crippen LogP contribution in [0.15, 0.2) is 79.1 Å². The van der Waals surface area contributed by atoms with Crippen molar-refractivity contribution < 1.29 is 0 Å². The second-order valence-corrected chi connectivity index (χ2v) is 7.57. The summed E-state index contributed by atoms with van der Waals surface area (Å²) in [6, 6.07) is 24.7. The van der Waals surface area contributed by atoms with Crippen molar-refractivity contribution in [2.45, 2.75) is 31.8 Å². The van der Waals surface area contributed by atoms with Crippen LogP contribution >= 0.6 is 0 Å². The van der Waals surface area contributed by atoms with E-state index in [0.717, 1.165) is 13.1 Å². The van der Waals surface area contributed by atoms with Gasteiger partial charge in [-0.25, -0.2) is 0 Å². The van der Waals surface area contributed by atoms with Crippen LogP contribution in [0.5, 0.6) is 0 Å². The van der Waals surface area contributed by atoms with Crippen molar-refractivity contribution in [1.82, 2.24) is 9.88 Å². The molecule has 0 unspecified atom stereocenters. The first kappa shape index (κ1) is 16.5. The van der Waals surface area contributed by atoms with E-state index in [1.165, 1.54) is 51.9 Å². The van der Waals surface area contributed by atoms with E-state index in [1.54, 1.807) is 0 Å². The molecule has 1 saturated heterocycles. The van der Waals surface area contributed by atoms with Crippen LogP contribution in [-0.4, -0.2) is 16.4 Å². The molecular weight excluding hydrogens is 328 g/mol. The number of pyridine rings is 1. The Morgan fingerprint density at radius 3 is 2.30 bits per heavy atom. The summed E-state index contributed by atoms with van der Waals surface area (Å²) in [6.45, 7) is 2.14. The standard InChI is InChI=1S/C25H24N2/c1-3-11-22-19(8-1)16-20-9-2-4-12-23(20)24(22)18-27-15-6-5-13-25(27)21-10-7-14-26-17-21/h1-4,7-12,14,16-17,25H,5-6,13,15,18H2/t25-/m0/s1. The van der Waals surface area contributed by atoms with Crippen molar-refractivity contribution >= 4 is 21.5 Å². The molecule has 5 rings (SSSR count). The highest BCUT2D eigenvalue weighted by Crippen LogP contribution is 2.35.